The minimum atomic E-state index is -0.416. The Labute approximate surface area is 203 Å². The van der Waals surface area contributed by atoms with Gasteiger partial charge in [0.15, 0.2) is 16.9 Å². The number of fused-ring (bicyclic) bond motifs is 2. The average molecular weight is 479 g/mol. The number of nitrogens with zero attached hydrogens (tertiary/aromatic N) is 6. The number of carbonyl (C=O) groups is 1. The molecule has 8 nitrogen and oxygen atoms in total. The SMILES string of the molecule is O=C(c1ccccc1)c1nn(-c2ccc(Cl)cc2)c2nc3nc(-c4ccccc4)cc(=O)n3nc12. The summed E-state index contributed by atoms with van der Waals surface area (Å²) in [5, 5.41) is 9.58. The van der Waals surface area contributed by atoms with Gasteiger partial charge in [-0.1, -0.05) is 72.3 Å². The van der Waals surface area contributed by atoms with Gasteiger partial charge in [-0.15, -0.1) is 0 Å². The Hall–Kier alpha value is -4.69. The van der Waals surface area contributed by atoms with Crippen molar-refractivity contribution in [2.45, 2.75) is 0 Å². The molecule has 0 N–H and O–H groups in total. The van der Waals surface area contributed by atoms with Crippen molar-refractivity contribution in [1.29, 1.82) is 0 Å². The molecule has 0 bridgehead atoms. The summed E-state index contributed by atoms with van der Waals surface area (Å²) in [6, 6.07) is 26.4. The van der Waals surface area contributed by atoms with Crippen LogP contribution in [0.15, 0.2) is 95.8 Å². The summed E-state index contributed by atoms with van der Waals surface area (Å²) in [5.41, 5.74) is 2.48. The van der Waals surface area contributed by atoms with Gasteiger partial charge in [0.2, 0.25) is 5.78 Å². The van der Waals surface area contributed by atoms with Crippen molar-refractivity contribution in [1.82, 2.24) is 29.4 Å². The fraction of sp³-hybridized carbons (Fsp3) is 0. The molecule has 6 rings (SSSR count). The van der Waals surface area contributed by atoms with Gasteiger partial charge in [0.25, 0.3) is 11.3 Å². The quantitative estimate of drug-likeness (QED) is 0.349. The molecule has 0 radical (unpaired) electrons. The van der Waals surface area contributed by atoms with Crippen molar-refractivity contribution in [3.8, 4) is 16.9 Å². The van der Waals surface area contributed by atoms with E-state index in [1.807, 2.05) is 36.4 Å². The van der Waals surface area contributed by atoms with Crippen LogP contribution in [-0.4, -0.2) is 35.1 Å². The second kappa shape index (κ2) is 8.27. The topological polar surface area (TPSA) is 95.0 Å². The molecule has 3 aromatic carbocycles. The Morgan fingerprint density at radius 3 is 2.20 bits per heavy atom. The summed E-state index contributed by atoms with van der Waals surface area (Å²) in [5.74, 6) is -0.239. The number of benzene rings is 3. The van der Waals surface area contributed by atoms with Crippen LogP contribution in [0.3, 0.4) is 0 Å². The highest BCUT2D eigenvalue weighted by molar-refractivity contribution is 6.30. The van der Waals surface area contributed by atoms with Gasteiger partial charge in [0.05, 0.1) is 11.4 Å². The first kappa shape index (κ1) is 20.9. The first-order valence-electron chi connectivity index (χ1n) is 10.7. The Morgan fingerprint density at radius 2 is 1.49 bits per heavy atom. The number of rotatable bonds is 4. The predicted octanol–water partition coefficient (Wildman–Crippen LogP) is 4.37. The number of ketones is 1. The van der Waals surface area contributed by atoms with Crippen LogP contribution in [0.5, 0.6) is 0 Å². The maximum Gasteiger partial charge on any atom is 0.276 e. The molecule has 0 amide bonds. The van der Waals surface area contributed by atoms with Gasteiger partial charge in [0, 0.05) is 22.2 Å². The molecular weight excluding hydrogens is 464 g/mol. The fourth-order valence-corrected chi connectivity index (χ4v) is 3.94. The highest BCUT2D eigenvalue weighted by atomic mass is 35.5. The number of hydrogen-bond acceptors (Lipinski definition) is 6. The van der Waals surface area contributed by atoms with Gasteiger partial charge >= 0.3 is 0 Å². The van der Waals surface area contributed by atoms with Gasteiger partial charge in [-0.05, 0) is 24.3 Å². The molecule has 0 spiro atoms. The molecule has 0 aliphatic carbocycles. The van der Waals surface area contributed by atoms with Crippen LogP contribution in [0.2, 0.25) is 5.02 Å². The van der Waals surface area contributed by atoms with Crippen LogP contribution in [-0.2, 0) is 0 Å². The molecule has 3 aromatic heterocycles. The van der Waals surface area contributed by atoms with E-state index in [-0.39, 0.29) is 22.8 Å². The molecule has 3 heterocycles. The maximum atomic E-state index is 13.4. The van der Waals surface area contributed by atoms with Crippen LogP contribution in [0.1, 0.15) is 16.1 Å². The lowest BCUT2D eigenvalue weighted by Crippen LogP contribution is -2.19. The van der Waals surface area contributed by atoms with Crippen molar-refractivity contribution >= 4 is 34.3 Å². The van der Waals surface area contributed by atoms with Crippen molar-refractivity contribution in [3.05, 3.63) is 118 Å². The van der Waals surface area contributed by atoms with E-state index in [4.69, 9.17) is 11.6 Å². The lowest BCUT2D eigenvalue weighted by atomic mass is 10.1. The molecule has 0 unspecified atom stereocenters. The molecule has 0 saturated heterocycles. The summed E-state index contributed by atoms with van der Waals surface area (Å²) >= 11 is 6.06. The Balaban J connectivity index is 1.64. The first-order valence-corrected chi connectivity index (χ1v) is 11.1. The van der Waals surface area contributed by atoms with Crippen molar-refractivity contribution in [3.63, 3.8) is 0 Å². The normalized spacial score (nSPS) is 11.2. The summed E-state index contributed by atoms with van der Waals surface area (Å²) in [7, 11) is 0. The predicted molar refractivity (Wildman–Crippen MR) is 132 cm³/mol. The summed E-state index contributed by atoms with van der Waals surface area (Å²) in [6.07, 6.45) is 0. The minimum Gasteiger partial charge on any atom is -0.287 e. The van der Waals surface area contributed by atoms with Crippen LogP contribution < -0.4 is 5.56 Å². The Kier molecular flexibility index (Phi) is 4.93. The van der Waals surface area contributed by atoms with Gasteiger partial charge in [-0.25, -0.2) is 9.67 Å². The molecule has 0 saturated carbocycles. The standard InChI is InChI=1S/C26H15ClN6O2/c27-18-11-13-19(14-12-18)32-25-23(22(30-32)24(35)17-9-5-2-6-10-17)31-33-21(34)15-20(28-26(33)29-25)16-7-3-1-4-8-16/h1-15H. The highest BCUT2D eigenvalue weighted by Gasteiger charge is 2.23. The van der Waals surface area contributed by atoms with Crippen LogP contribution in [0.4, 0.5) is 0 Å². The maximum absolute atomic E-state index is 13.4. The number of aromatic nitrogens is 6. The van der Waals surface area contributed by atoms with Gasteiger partial charge in [0.1, 0.15) is 0 Å². The van der Waals surface area contributed by atoms with E-state index < -0.39 is 5.56 Å². The molecule has 0 aliphatic heterocycles. The second-order valence-electron chi connectivity index (χ2n) is 7.77. The molecule has 0 aliphatic rings. The average Bonchev–Trinajstić information content (AvgIpc) is 3.27. The third-order valence-corrected chi connectivity index (χ3v) is 5.77. The van der Waals surface area contributed by atoms with Gasteiger partial charge < -0.3 is 0 Å². The summed E-state index contributed by atoms with van der Waals surface area (Å²) in [6.45, 7) is 0. The third kappa shape index (κ3) is 3.66. The molecule has 6 aromatic rings. The van der Waals surface area contributed by atoms with E-state index in [1.54, 1.807) is 48.5 Å². The van der Waals surface area contributed by atoms with E-state index in [1.165, 1.54) is 10.7 Å². The smallest absolute Gasteiger partial charge is 0.276 e. The zero-order valence-electron chi connectivity index (χ0n) is 18.0. The van der Waals surface area contributed by atoms with E-state index >= 15 is 0 Å². The molecule has 35 heavy (non-hydrogen) atoms. The third-order valence-electron chi connectivity index (χ3n) is 5.51. The number of hydrogen-bond donors (Lipinski definition) is 0. The van der Waals surface area contributed by atoms with Crippen LogP contribution >= 0.6 is 11.6 Å². The van der Waals surface area contributed by atoms with E-state index in [0.717, 1.165) is 10.1 Å². The molecule has 168 valence electrons. The Bertz CT molecular complexity index is 1780. The highest BCUT2D eigenvalue weighted by Crippen LogP contribution is 2.23. The largest absolute Gasteiger partial charge is 0.287 e. The van der Waals surface area contributed by atoms with Crippen LogP contribution in [0.25, 0.3) is 33.9 Å². The fourth-order valence-electron chi connectivity index (χ4n) is 3.82. The van der Waals surface area contributed by atoms with Gasteiger partial charge in [-0.3, -0.25) is 9.59 Å². The summed E-state index contributed by atoms with van der Waals surface area (Å²) < 4.78 is 2.60. The zero-order chi connectivity index (χ0) is 23.9. The number of halogens is 1. The zero-order valence-corrected chi connectivity index (χ0v) is 18.8. The van der Waals surface area contributed by atoms with E-state index in [2.05, 4.69) is 20.2 Å². The van der Waals surface area contributed by atoms with Gasteiger partial charge in [-0.2, -0.15) is 19.7 Å². The Morgan fingerprint density at radius 1 is 0.800 bits per heavy atom. The van der Waals surface area contributed by atoms with Crippen LogP contribution in [0, 0.1) is 0 Å². The molecule has 0 atom stereocenters. The van der Waals surface area contributed by atoms with E-state index in [9.17, 15) is 9.59 Å². The molecule has 0 fully saturated rings. The summed E-state index contributed by atoms with van der Waals surface area (Å²) in [4.78, 5) is 35.5. The monoisotopic (exact) mass is 478 g/mol. The first-order chi connectivity index (χ1) is 17.1. The van der Waals surface area contributed by atoms with Crippen molar-refractivity contribution < 1.29 is 4.79 Å². The lowest BCUT2D eigenvalue weighted by Gasteiger charge is -2.05. The molecular formula is C26H15ClN6O2. The minimum absolute atomic E-state index is 0.0783. The van der Waals surface area contributed by atoms with Crippen molar-refractivity contribution in [2.24, 2.45) is 0 Å². The molecule has 9 heteroatoms. The van der Waals surface area contributed by atoms with Crippen molar-refractivity contribution in [2.75, 3.05) is 0 Å². The lowest BCUT2D eigenvalue weighted by molar-refractivity contribution is 0.103. The van der Waals surface area contributed by atoms with E-state index in [0.29, 0.717) is 27.6 Å². The second-order valence-corrected chi connectivity index (χ2v) is 8.21. The number of carbonyl (C=O) groups excluding carboxylic acids is 1.